The summed E-state index contributed by atoms with van der Waals surface area (Å²) in [5, 5.41) is 11.2. The van der Waals surface area contributed by atoms with Crippen molar-refractivity contribution in [3.8, 4) is 0 Å². The topological polar surface area (TPSA) is 86.9 Å². The number of halogens is 1. The first-order valence-electron chi connectivity index (χ1n) is 4.77. The molecule has 0 aliphatic rings. The SMILES string of the molecule is CC(C)NC(=O)CNc1cn[nH]c(=O)c1Cl. The van der Waals surface area contributed by atoms with Crippen LogP contribution < -0.4 is 16.2 Å². The molecule has 16 heavy (non-hydrogen) atoms. The quantitative estimate of drug-likeness (QED) is 0.714. The average molecular weight is 245 g/mol. The number of hydrogen-bond acceptors (Lipinski definition) is 4. The van der Waals surface area contributed by atoms with Gasteiger partial charge in [-0.1, -0.05) is 11.6 Å². The Balaban J connectivity index is 2.58. The first-order valence-corrected chi connectivity index (χ1v) is 5.15. The van der Waals surface area contributed by atoms with E-state index in [1.54, 1.807) is 0 Å². The second-order valence-electron chi connectivity index (χ2n) is 3.50. The van der Waals surface area contributed by atoms with Gasteiger partial charge in [-0.25, -0.2) is 5.10 Å². The Hall–Kier alpha value is -1.56. The Morgan fingerprint density at radius 2 is 2.31 bits per heavy atom. The number of H-pyrrole nitrogens is 1. The number of carbonyl (C=O) groups excluding carboxylic acids is 1. The van der Waals surface area contributed by atoms with E-state index in [2.05, 4.69) is 20.8 Å². The van der Waals surface area contributed by atoms with Crippen molar-refractivity contribution < 1.29 is 4.79 Å². The predicted molar refractivity (Wildman–Crippen MR) is 61.6 cm³/mol. The third-order valence-corrected chi connectivity index (χ3v) is 2.06. The second-order valence-corrected chi connectivity index (χ2v) is 3.88. The fourth-order valence-electron chi connectivity index (χ4n) is 1.06. The highest BCUT2D eigenvalue weighted by atomic mass is 35.5. The van der Waals surface area contributed by atoms with E-state index in [1.165, 1.54) is 6.20 Å². The van der Waals surface area contributed by atoms with Crippen molar-refractivity contribution in [2.24, 2.45) is 0 Å². The maximum atomic E-state index is 11.3. The monoisotopic (exact) mass is 244 g/mol. The number of aromatic amines is 1. The van der Waals surface area contributed by atoms with E-state index < -0.39 is 5.56 Å². The molecule has 88 valence electrons. The maximum Gasteiger partial charge on any atom is 0.285 e. The number of nitrogens with one attached hydrogen (secondary N) is 3. The van der Waals surface area contributed by atoms with Crippen LogP contribution in [-0.4, -0.2) is 28.7 Å². The third kappa shape index (κ3) is 3.54. The minimum absolute atomic E-state index is 0.00709. The minimum atomic E-state index is -0.490. The molecular formula is C9H13ClN4O2. The molecule has 0 unspecified atom stereocenters. The second kappa shape index (κ2) is 5.50. The fraction of sp³-hybridized carbons (Fsp3) is 0.444. The molecular weight excluding hydrogens is 232 g/mol. The van der Waals surface area contributed by atoms with Gasteiger partial charge in [0, 0.05) is 6.04 Å². The molecule has 1 aromatic rings. The molecule has 7 heteroatoms. The zero-order chi connectivity index (χ0) is 12.1. The summed E-state index contributed by atoms with van der Waals surface area (Å²) in [7, 11) is 0. The van der Waals surface area contributed by atoms with Crippen molar-refractivity contribution in [2.75, 3.05) is 11.9 Å². The van der Waals surface area contributed by atoms with Crippen molar-refractivity contribution >= 4 is 23.2 Å². The summed E-state index contributed by atoms with van der Waals surface area (Å²) in [6.07, 6.45) is 1.35. The zero-order valence-electron chi connectivity index (χ0n) is 9.00. The molecule has 0 aliphatic carbocycles. The van der Waals surface area contributed by atoms with E-state index in [1.807, 2.05) is 13.8 Å². The van der Waals surface area contributed by atoms with Gasteiger partial charge < -0.3 is 10.6 Å². The number of hydrogen-bond donors (Lipinski definition) is 3. The van der Waals surface area contributed by atoms with E-state index in [-0.39, 0.29) is 23.5 Å². The average Bonchev–Trinajstić information content (AvgIpc) is 2.19. The molecule has 0 fully saturated rings. The number of anilines is 1. The van der Waals surface area contributed by atoms with Gasteiger partial charge in [0.1, 0.15) is 5.02 Å². The van der Waals surface area contributed by atoms with E-state index in [4.69, 9.17) is 11.6 Å². The van der Waals surface area contributed by atoms with E-state index in [0.29, 0.717) is 5.69 Å². The Kier molecular flexibility index (Phi) is 4.30. The number of amides is 1. The van der Waals surface area contributed by atoms with Gasteiger partial charge in [-0.2, -0.15) is 5.10 Å². The molecule has 0 saturated carbocycles. The van der Waals surface area contributed by atoms with Crippen molar-refractivity contribution in [2.45, 2.75) is 19.9 Å². The Labute approximate surface area is 97.4 Å². The van der Waals surface area contributed by atoms with Crippen LogP contribution in [0, 0.1) is 0 Å². The summed E-state index contributed by atoms with van der Waals surface area (Å²) in [4.78, 5) is 22.4. The highest BCUT2D eigenvalue weighted by Crippen LogP contribution is 2.13. The normalized spacial score (nSPS) is 10.2. The van der Waals surface area contributed by atoms with Crippen LogP contribution in [0.3, 0.4) is 0 Å². The van der Waals surface area contributed by atoms with Crippen LogP contribution in [0.2, 0.25) is 5.02 Å². The summed E-state index contributed by atoms with van der Waals surface area (Å²) in [6, 6.07) is 0.0714. The highest BCUT2D eigenvalue weighted by Gasteiger charge is 2.07. The molecule has 0 saturated heterocycles. The first kappa shape index (κ1) is 12.5. The van der Waals surface area contributed by atoms with Gasteiger partial charge in [0.15, 0.2) is 0 Å². The van der Waals surface area contributed by atoms with Crippen LogP contribution in [0.15, 0.2) is 11.0 Å². The van der Waals surface area contributed by atoms with E-state index in [9.17, 15) is 9.59 Å². The Bertz CT molecular complexity index is 430. The van der Waals surface area contributed by atoms with E-state index in [0.717, 1.165) is 0 Å². The maximum absolute atomic E-state index is 11.3. The van der Waals surface area contributed by atoms with Gasteiger partial charge >= 0.3 is 0 Å². The summed E-state index contributed by atoms with van der Waals surface area (Å²) in [6.45, 7) is 3.77. The molecule has 6 nitrogen and oxygen atoms in total. The zero-order valence-corrected chi connectivity index (χ0v) is 9.76. The van der Waals surface area contributed by atoms with Crippen LogP contribution >= 0.6 is 11.6 Å². The highest BCUT2D eigenvalue weighted by molar-refractivity contribution is 6.32. The molecule has 0 bridgehead atoms. The molecule has 0 atom stereocenters. The lowest BCUT2D eigenvalue weighted by molar-refractivity contribution is -0.119. The van der Waals surface area contributed by atoms with Gasteiger partial charge in [0.05, 0.1) is 18.4 Å². The van der Waals surface area contributed by atoms with Crippen LogP contribution in [0.5, 0.6) is 0 Å². The molecule has 0 aliphatic heterocycles. The molecule has 0 radical (unpaired) electrons. The van der Waals surface area contributed by atoms with Gasteiger partial charge in [-0.3, -0.25) is 9.59 Å². The Morgan fingerprint density at radius 3 is 2.94 bits per heavy atom. The summed E-state index contributed by atoms with van der Waals surface area (Å²) >= 11 is 5.70. The lowest BCUT2D eigenvalue weighted by atomic mass is 10.4. The molecule has 1 rings (SSSR count). The molecule has 3 N–H and O–H groups in total. The molecule has 1 aromatic heterocycles. The van der Waals surface area contributed by atoms with Crippen LogP contribution in [0.1, 0.15) is 13.8 Å². The lowest BCUT2D eigenvalue weighted by Crippen LogP contribution is -2.35. The van der Waals surface area contributed by atoms with Crippen molar-refractivity contribution in [3.05, 3.63) is 21.6 Å². The number of aromatic nitrogens is 2. The van der Waals surface area contributed by atoms with Gasteiger partial charge in [-0.05, 0) is 13.8 Å². The summed E-state index contributed by atoms with van der Waals surface area (Å²) in [5.41, 5.74) is -0.153. The standard InChI is InChI=1S/C9H13ClN4O2/c1-5(2)13-7(15)4-11-6-3-12-14-9(16)8(6)10/h3,5H,4H2,1-2H3,(H,13,15)(H2,11,14,16). The van der Waals surface area contributed by atoms with Crippen LogP contribution in [-0.2, 0) is 4.79 Å². The number of rotatable bonds is 4. The fourth-order valence-corrected chi connectivity index (χ4v) is 1.21. The Morgan fingerprint density at radius 1 is 1.62 bits per heavy atom. The van der Waals surface area contributed by atoms with Gasteiger partial charge in [0.25, 0.3) is 5.56 Å². The number of carbonyl (C=O) groups is 1. The molecule has 0 aromatic carbocycles. The van der Waals surface area contributed by atoms with Gasteiger partial charge in [0.2, 0.25) is 5.91 Å². The largest absolute Gasteiger partial charge is 0.373 e. The van der Waals surface area contributed by atoms with Crippen LogP contribution in [0.4, 0.5) is 5.69 Å². The van der Waals surface area contributed by atoms with Gasteiger partial charge in [-0.15, -0.1) is 0 Å². The minimum Gasteiger partial charge on any atom is -0.373 e. The van der Waals surface area contributed by atoms with Crippen molar-refractivity contribution in [1.29, 1.82) is 0 Å². The van der Waals surface area contributed by atoms with E-state index >= 15 is 0 Å². The predicted octanol–water partition coefficient (Wildman–Crippen LogP) is 0.360. The molecule has 0 spiro atoms. The first-order chi connectivity index (χ1) is 7.50. The number of nitrogens with zero attached hydrogens (tertiary/aromatic N) is 1. The lowest BCUT2D eigenvalue weighted by Gasteiger charge is -2.10. The van der Waals surface area contributed by atoms with Crippen molar-refractivity contribution in [1.82, 2.24) is 15.5 Å². The van der Waals surface area contributed by atoms with Crippen LogP contribution in [0.25, 0.3) is 0 Å². The summed E-state index contributed by atoms with van der Waals surface area (Å²) in [5.74, 6) is -0.175. The van der Waals surface area contributed by atoms with Crippen molar-refractivity contribution in [3.63, 3.8) is 0 Å². The smallest absolute Gasteiger partial charge is 0.285 e. The molecule has 1 heterocycles. The molecule has 1 amide bonds. The third-order valence-electron chi connectivity index (χ3n) is 1.68. The summed E-state index contributed by atoms with van der Waals surface area (Å²) < 4.78 is 0.